The molecule has 0 aliphatic heterocycles. The highest BCUT2D eigenvalue weighted by molar-refractivity contribution is 6.31. The lowest BCUT2D eigenvalue weighted by Gasteiger charge is -2.19. The smallest absolute Gasteiger partial charge is 0.174 e. The van der Waals surface area contributed by atoms with Crippen molar-refractivity contribution >= 4 is 17.3 Å². The Balaban J connectivity index is 2.55. The lowest BCUT2D eigenvalue weighted by atomic mass is 10.2. The second-order valence-corrected chi connectivity index (χ2v) is 4.04. The van der Waals surface area contributed by atoms with Gasteiger partial charge in [0.15, 0.2) is 6.29 Å². The van der Waals surface area contributed by atoms with Crippen molar-refractivity contribution < 1.29 is 9.47 Å². The van der Waals surface area contributed by atoms with E-state index in [0.29, 0.717) is 19.8 Å². The SMILES string of the molecule is CCOC(CNc1cccc(Cl)c1C)OCC. The Hall–Kier alpha value is -0.770. The van der Waals surface area contributed by atoms with Gasteiger partial charge in [-0.15, -0.1) is 0 Å². The average molecular weight is 258 g/mol. The zero-order chi connectivity index (χ0) is 12.7. The van der Waals surface area contributed by atoms with Crippen LogP contribution in [0.1, 0.15) is 19.4 Å². The summed E-state index contributed by atoms with van der Waals surface area (Å²) < 4.78 is 10.9. The first-order valence-corrected chi connectivity index (χ1v) is 6.29. The molecule has 1 rings (SSSR count). The molecule has 1 N–H and O–H groups in total. The number of nitrogens with one attached hydrogen (secondary N) is 1. The number of hydrogen-bond donors (Lipinski definition) is 1. The fourth-order valence-corrected chi connectivity index (χ4v) is 1.70. The first kappa shape index (κ1) is 14.3. The summed E-state index contributed by atoms with van der Waals surface area (Å²) in [4.78, 5) is 0. The van der Waals surface area contributed by atoms with Gasteiger partial charge in [-0.05, 0) is 38.5 Å². The molecule has 96 valence electrons. The number of rotatable bonds is 7. The summed E-state index contributed by atoms with van der Waals surface area (Å²) >= 11 is 6.05. The standard InChI is InChI=1S/C13H20ClNO2/c1-4-16-13(17-5-2)9-15-12-8-6-7-11(14)10(12)3/h6-8,13,15H,4-5,9H2,1-3H3. The number of benzene rings is 1. The highest BCUT2D eigenvalue weighted by Gasteiger charge is 2.08. The fourth-order valence-electron chi connectivity index (χ4n) is 1.53. The van der Waals surface area contributed by atoms with Crippen LogP contribution in [0.2, 0.25) is 5.02 Å². The summed E-state index contributed by atoms with van der Waals surface area (Å²) in [6, 6.07) is 5.80. The lowest BCUT2D eigenvalue weighted by molar-refractivity contribution is -0.126. The molecule has 0 aliphatic rings. The Labute approximate surface area is 108 Å². The van der Waals surface area contributed by atoms with Crippen LogP contribution in [0.4, 0.5) is 5.69 Å². The van der Waals surface area contributed by atoms with Gasteiger partial charge in [0, 0.05) is 23.9 Å². The minimum absolute atomic E-state index is 0.219. The van der Waals surface area contributed by atoms with E-state index in [4.69, 9.17) is 21.1 Å². The predicted octanol–water partition coefficient (Wildman–Crippen LogP) is 3.46. The maximum absolute atomic E-state index is 6.05. The molecule has 17 heavy (non-hydrogen) atoms. The molecule has 0 aromatic heterocycles. The Morgan fingerprint density at radius 2 is 1.88 bits per heavy atom. The van der Waals surface area contributed by atoms with Crippen LogP contribution in [0, 0.1) is 6.92 Å². The predicted molar refractivity (Wildman–Crippen MR) is 71.7 cm³/mol. The fraction of sp³-hybridized carbons (Fsp3) is 0.538. The van der Waals surface area contributed by atoms with E-state index in [2.05, 4.69) is 5.32 Å². The highest BCUT2D eigenvalue weighted by Crippen LogP contribution is 2.22. The molecule has 1 aromatic rings. The van der Waals surface area contributed by atoms with Gasteiger partial charge in [0.1, 0.15) is 0 Å². The largest absolute Gasteiger partial charge is 0.380 e. The van der Waals surface area contributed by atoms with E-state index in [0.717, 1.165) is 16.3 Å². The Kier molecular flexibility index (Phi) is 6.34. The second-order valence-electron chi connectivity index (χ2n) is 3.63. The Bertz CT molecular complexity index is 338. The Morgan fingerprint density at radius 3 is 2.47 bits per heavy atom. The van der Waals surface area contributed by atoms with Gasteiger partial charge in [0.05, 0.1) is 6.54 Å². The van der Waals surface area contributed by atoms with Crippen LogP contribution in [0.5, 0.6) is 0 Å². The van der Waals surface area contributed by atoms with Crippen molar-refractivity contribution in [2.75, 3.05) is 25.1 Å². The molecular formula is C13H20ClNO2. The van der Waals surface area contributed by atoms with Gasteiger partial charge in [-0.3, -0.25) is 0 Å². The monoisotopic (exact) mass is 257 g/mol. The molecule has 4 heteroatoms. The number of anilines is 1. The zero-order valence-electron chi connectivity index (χ0n) is 10.6. The third-order valence-corrected chi connectivity index (χ3v) is 2.84. The van der Waals surface area contributed by atoms with E-state index in [-0.39, 0.29) is 6.29 Å². The first-order chi connectivity index (χ1) is 8.19. The summed E-state index contributed by atoms with van der Waals surface area (Å²) in [7, 11) is 0. The van der Waals surface area contributed by atoms with Crippen molar-refractivity contribution in [2.24, 2.45) is 0 Å². The third-order valence-electron chi connectivity index (χ3n) is 2.43. The summed E-state index contributed by atoms with van der Waals surface area (Å²) in [5.74, 6) is 0. The minimum atomic E-state index is -0.219. The van der Waals surface area contributed by atoms with E-state index >= 15 is 0 Å². The van der Waals surface area contributed by atoms with Crippen molar-refractivity contribution in [1.29, 1.82) is 0 Å². The van der Waals surface area contributed by atoms with E-state index in [1.54, 1.807) is 0 Å². The van der Waals surface area contributed by atoms with Gasteiger partial charge in [0.2, 0.25) is 0 Å². The second kappa shape index (κ2) is 7.54. The van der Waals surface area contributed by atoms with Gasteiger partial charge in [-0.1, -0.05) is 17.7 Å². The van der Waals surface area contributed by atoms with Gasteiger partial charge in [-0.25, -0.2) is 0 Å². The number of ether oxygens (including phenoxy) is 2. The normalized spacial score (nSPS) is 10.9. The third kappa shape index (κ3) is 4.54. The highest BCUT2D eigenvalue weighted by atomic mass is 35.5. The van der Waals surface area contributed by atoms with Gasteiger partial charge >= 0.3 is 0 Å². The van der Waals surface area contributed by atoms with Crippen LogP contribution in [0.25, 0.3) is 0 Å². The van der Waals surface area contributed by atoms with E-state index in [9.17, 15) is 0 Å². The molecule has 0 heterocycles. The average Bonchev–Trinajstić information content (AvgIpc) is 2.31. The van der Waals surface area contributed by atoms with E-state index in [1.165, 1.54) is 0 Å². The summed E-state index contributed by atoms with van der Waals surface area (Å²) in [6.45, 7) is 7.79. The molecule has 0 atom stereocenters. The molecular weight excluding hydrogens is 238 g/mol. The molecule has 0 spiro atoms. The molecule has 0 bridgehead atoms. The van der Waals surface area contributed by atoms with Crippen LogP contribution in [-0.4, -0.2) is 26.0 Å². The van der Waals surface area contributed by atoms with Gasteiger partial charge in [-0.2, -0.15) is 0 Å². The minimum Gasteiger partial charge on any atom is -0.380 e. The van der Waals surface area contributed by atoms with Crippen LogP contribution in [0.15, 0.2) is 18.2 Å². The van der Waals surface area contributed by atoms with Crippen molar-refractivity contribution in [3.63, 3.8) is 0 Å². The quantitative estimate of drug-likeness (QED) is 0.759. The lowest BCUT2D eigenvalue weighted by Crippen LogP contribution is -2.26. The summed E-state index contributed by atoms with van der Waals surface area (Å²) in [5.41, 5.74) is 2.06. The molecule has 0 amide bonds. The van der Waals surface area contributed by atoms with Crippen molar-refractivity contribution in [1.82, 2.24) is 0 Å². The number of halogens is 1. The van der Waals surface area contributed by atoms with Crippen molar-refractivity contribution in [3.8, 4) is 0 Å². The maximum Gasteiger partial charge on any atom is 0.174 e. The molecule has 1 aromatic carbocycles. The topological polar surface area (TPSA) is 30.5 Å². The van der Waals surface area contributed by atoms with Gasteiger partial charge < -0.3 is 14.8 Å². The maximum atomic E-state index is 6.05. The Morgan fingerprint density at radius 1 is 1.24 bits per heavy atom. The summed E-state index contributed by atoms with van der Waals surface area (Å²) in [5, 5.41) is 4.05. The van der Waals surface area contributed by atoms with E-state index in [1.807, 2.05) is 39.0 Å². The zero-order valence-corrected chi connectivity index (χ0v) is 11.4. The molecule has 0 aliphatic carbocycles. The van der Waals surface area contributed by atoms with Gasteiger partial charge in [0.25, 0.3) is 0 Å². The molecule has 0 saturated heterocycles. The molecule has 0 saturated carbocycles. The van der Waals surface area contributed by atoms with Crippen molar-refractivity contribution in [3.05, 3.63) is 28.8 Å². The van der Waals surface area contributed by atoms with Crippen LogP contribution >= 0.6 is 11.6 Å². The molecule has 0 unspecified atom stereocenters. The first-order valence-electron chi connectivity index (χ1n) is 5.91. The molecule has 3 nitrogen and oxygen atoms in total. The van der Waals surface area contributed by atoms with Crippen molar-refractivity contribution in [2.45, 2.75) is 27.1 Å². The number of hydrogen-bond acceptors (Lipinski definition) is 3. The van der Waals surface area contributed by atoms with Crippen LogP contribution in [-0.2, 0) is 9.47 Å². The molecule has 0 radical (unpaired) electrons. The van der Waals surface area contributed by atoms with Crippen LogP contribution in [0.3, 0.4) is 0 Å². The summed E-state index contributed by atoms with van der Waals surface area (Å²) in [6.07, 6.45) is -0.219. The van der Waals surface area contributed by atoms with E-state index < -0.39 is 0 Å². The molecule has 0 fully saturated rings. The van der Waals surface area contributed by atoms with Crippen LogP contribution < -0.4 is 5.32 Å².